The van der Waals surface area contributed by atoms with Crippen LogP contribution in [-0.2, 0) is 14.3 Å². The highest BCUT2D eigenvalue weighted by molar-refractivity contribution is 5.95. The van der Waals surface area contributed by atoms with Crippen molar-refractivity contribution in [1.82, 2.24) is 0 Å². The zero-order chi connectivity index (χ0) is 17.5. The first-order valence-corrected chi connectivity index (χ1v) is 8.40. The molecule has 1 fully saturated rings. The minimum absolute atomic E-state index is 0.00403. The average molecular weight is 333 g/mol. The predicted octanol–water partition coefficient (Wildman–Crippen LogP) is 0.686. The molecule has 2 N–H and O–H groups in total. The number of hydrogen-bond donors (Lipinski definition) is 2. The number of quaternary nitrogens is 1. The summed E-state index contributed by atoms with van der Waals surface area (Å²) in [5.41, 5.74) is 1.29. The highest BCUT2D eigenvalue weighted by Crippen LogP contribution is 2.11. The first kappa shape index (κ1) is 18.1. The molecule has 6 heteroatoms. The van der Waals surface area contributed by atoms with Crippen LogP contribution >= 0.6 is 0 Å². The number of Topliss-reactive ketones (excluding diaryl/α,β-unsaturated/α-hetero) is 1. The van der Waals surface area contributed by atoms with Crippen LogP contribution in [0.2, 0.25) is 0 Å². The van der Waals surface area contributed by atoms with Crippen molar-refractivity contribution in [2.45, 2.75) is 26.7 Å². The second-order valence-electron chi connectivity index (χ2n) is 6.15. The summed E-state index contributed by atoms with van der Waals surface area (Å²) in [6.07, 6.45) is 1.75. The molecule has 0 spiro atoms. The van der Waals surface area contributed by atoms with E-state index in [1.165, 1.54) is 6.92 Å². The zero-order valence-corrected chi connectivity index (χ0v) is 14.3. The number of carbonyl (C=O) groups is 3. The van der Waals surface area contributed by atoms with Crippen LogP contribution in [0.25, 0.3) is 0 Å². The fourth-order valence-corrected chi connectivity index (χ4v) is 2.99. The number of piperidine rings is 1. The van der Waals surface area contributed by atoms with Crippen molar-refractivity contribution in [3.05, 3.63) is 29.8 Å². The van der Waals surface area contributed by atoms with Crippen molar-refractivity contribution >= 4 is 23.3 Å². The molecule has 130 valence electrons. The van der Waals surface area contributed by atoms with E-state index in [4.69, 9.17) is 4.74 Å². The molecule has 1 aromatic carbocycles. The number of nitrogens with one attached hydrogen (secondary N) is 2. The predicted molar refractivity (Wildman–Crippen MR) is 90.0 cm³/mol. The molecule has 0 bridgehead atoms. The Bertz CT molecular complexity index is 598. The molecule has 1 aliphatic rings. The van der Waals surface area contributed by atoms with Gasteiger partial charge in [0.05, 0.1) is 19.7 Å². The van der Waals surface area contributed by atoms with Crippen molar-refractivity contribution in [3.8, 4) is 0 Å². The summed E-state index contributed by atoms with van der Waals surface area (Å²) < 4.78 is 5.08. The number of esters is 1. The maximum atomic E-state index is 12.2. The Kier molecular flexibility index (Phi) is 6.49. The zero-order valence-electron chi connectivity index (χ0n) is 14.3. The van der Waals surface area contributed by atoms with E-state index in [0.717, 1.165) is 24.3 Å². The maximum absolute atomic E-state index is 12.2. The van der Waals surface area contributed by atoms with E-state index >= 15 is 0 Å². The molecule has 1 heterocycles. The fraction of sp³-hybridized carbons (Fsp3) is 0.500. The lowest BCUT2D eigenvalue weighted by Gasteiger charge is -2.28. The summed E-state index contributed by atoms with van der Waals surface area (Å²) >= 11 is 0. The quantitative estimate of drug-likeness (QED) is 0.593. The lowest BCUT2D eigenvalue weighted by molar-refractivity contribution is -0.899. The average Bonchev–Trinajstić information content (AvgIpc) is 2.55. The maximum Gasteiger partial charge on any atom is 0.314 e. The number of rotatable bonds is 6. The Hall–Kier alpha value is -2.21. The van der Waals surface area contributed by atoms with Crippen LogP contribution in [-0.4, -0.2) is 43.9 Å². The highest BCUT2D eigenvalue weighted by Gasteiger charge is 2.30. The van der Waals surface area contributed by atoms with Crippen LogP contribution in [0.15, 0.2) is 24.3 Å². The van der Waals surface area contributed by atoms with Gasteiger partial charge in [-0.25, -0.2) is 0 Å². The van der Waals surface area contributed by atoms with E-state index in [1.54, 1.807) is 31.2 Å². The lowest BCUT2D eigenvalue weighted by Crippen LogP contribution is -3.14. The van der Waals surface area contributed by atoms with Gasteiger partial charge in [0.1, 0.15) is 5.92 Å². The minimum atomic E-state index is -0.157. The molecule has 1 unspecified atom stereocenters. The normalized spacial score (nSPS) is 20.2. The lowest BCUT2D eigenvalue weighted by atomic mass is 9.98. The van der Waals surface area contributed by atoms with Crippen LogP contribution < -0.4 is 10.2 Å². The summed E-state index contributed by atoms with van der Waals surface area (Å²) in [6.45, 7) is 5.54. The van der Waals surface area contributed by atoms with Gasteiger partial charge in [-0.3, -0.25) is 14.4 Å². The van der Waals surface area contributed by atoms with Gasteiger partial charge in [-0.05, 0) is 51.0 Å². The van der Waals surface area contributed by atoms with E-state index < -0.39 is 0 Å². The molecule has 1 amide bonds. The number of carbonyl (C=O) groups excluding carboxylic acids is 3. The number of ether oxygens (including phenoxy) is 1. The Morgan fingerprint density at radius 1 is 1.25 bits per heavy atom. The smallest absolute Gasteiger partial charge is 0.314 e. The fourth-order valence-electron chi connectivity index (χ4n) is 2.99. The van der Waals surface area contributed by atoms with Crippen molar-refractivity contribution < 1.29 is 24.0 Å². The van der Waals surface area contributed by atoms with Gasteiger partial charge in [0.2, 0.25) is 0 Å². The minimum Gasteiger partial charge on any atom is -0.466 e. The number of likely N-dealkylation sites (tertiary alicyclic amines) is 1. The number of amides is 1. The van der Waals surface area contributed by atoms with E-state index in [1.807, 2.05) is 0 Å². The molecule has 0 aromatic heterocycles. The van der Waals surface area contributed by atoms with Gasteiger partial charge < -0.3 is 15.0 Å². The van der Waals surface area contributed by atoms with Crippen molar-refractivity contribution in [2.75, 3.05) is 31.6 Å². The van der Waals surface area contributed by atoms with Crippen LogP contribution in [0.5, 0.6) is 0 Å². The number of ketones is 1. The van der Waals surface area contributed by atoms with E-state index in [2.05, 4.69) is 5.32 Å². The molecule has 0 radical (unpaired) electrons. The van der Waals surface area contributed by atoms with Gasteiger partial charge in [-0.15, -0.1) is 0 Å². The Morgan fingerprint density at radius 3 is 2.58 bits per heavy atom. The van der Waals surface area contributed by atoms with Gasteiger partial charge in [-0.2, -0.15) is 0 Å². The highest BCUT2D eigenvalue weighted by atomic mass is 16.5. The van der Waals surface area contributed by atoms with E-state index in [-0.39, 0.29) is 23.6 Å². The summed E-state index contributed by atoms with van der Waals surface area (Å²) in [5, 5.41) is 2.84. The molecule has 1 aliphatic heterocycles. The summed E-state index contributed by atoms with van der Waals surface area (Å²) in [6, 6.07) is 6.84. The summed E-state index contributed by atoms with van der Waals surface area (Å²) in [4.78, 5) is 36.4. The third kappa shape index (κ3) is 5.16. The molecule has 2 atom stereocenters. The molecule has 1 saturated heterocycles. The molecule has 0 saturated carbocycles. The number of hydrogen-bond acceptors (Lipinski definition) is 4. The van der Waals surface area contributed by atoms with Crippen molar-refractivity contribution in [2.24, 2.45) is 5.92 Å². The molecule has 24 heavy (non-hydrogen) atoms. The Labute approximate surface area is 142 Å². The third-order valence-corrected chi connectivity index (χ3v) is 4.22. The Morgan fingerprint density at radius 2 is 1.96 bits per heavy atom. The largest absolute Gasteiger partial charge is 0.466 e. The molecule has 2 rings (SSSR count). The molecule has 6 nitrogen and oxygen atoms in total. The monoisotopic (exact) mass is 333 g/mol. The van der Waals surface area contributed by atoms with Gasteiger partial charge >= 0.3 is 5.97 Å². The number of anilines is 1. The first-order chi connectivity index (χ1) is 11.5. The molecule has 0 aliphatic carbocycles. The van der Waals surface area contributed by atoms with Crippen LogP contribution in [0, 0.1) is 5.92 Å². The second-order valence-corrected chi connectivity index (χ2v) is 6.15. The molecular weight excluding hydrogens is 308 g/mol. The Balaban J connectivity index is 1.85. The summed E-state index contributed by atoms with van der Waals surface area (Å²) in [5.74, 6) is -0.369. The van der Waals surface area contributed by atoms with E-state index in [0.29, 0.717) is 30.9 Å². The van der Waals surface area contributed by atoms with Gasteiger partial charge in [0.15, 0.2) is 12.3 Å². The first-order valence-electron chi connectivity index (χ1n) is 8.40. The van der Waals surface area contributed by atoms with Crippen molar-refractivity contribution in [3.63, 3.8) is 0 Å². The summed E-state index contributed by atoms with van der Waals surface area (Å²) in [7, 11) is 0. The standard InChI is InChI=1S/C18H24N2O4/c1-3-24-18(23)15-5-4-10-20(11-15)12-17(22)19-16-8-6-14(7-9-16)13(2)21/h6-9,15H,3-5,10-12H2,1-2H3,(H,19,22)/p+1/t15-/m1/s1. The van der Waals surface area contributed by atoms with Gasteiger partial charge in [0, 0.05) is 11.3 Å². The van der Waals surface area contributed by atoms with Gasteiger partial charge in [0.25, 0.3) is 5.91 Å². The van der Waals surface area contributed by atoms with Crippen LogP contribution in [0.4, 0.5) is 5.69 Å². The molecular formula is C18H25N2O4+. The number of benzene rings is 1. The SMILES string of the molecule is CCOC(=O)[C@@H]1CCC[NH+](CC(=O)Nc2ccc(C(C)=O)cc2)C1. The van der Waals surface area contributed by atoms with Crippen LogP contribution in [0.3, 0.4) is 0 Å². The molecule has 1 aromatic rings. The third-order valence-electron chi connectivity index (χ3n) is 4.22. The second kappa shape index (κ2) is 8.59. The van der Waals surface area contributed by atoms with E-state index in [9.17, 15) is 14.4 Å². The van der Waals surface area contributed by atoms with Crippen LogP contribution in [0.1, 0.15) is 37.0 Å². The van der Waals surface area contributed by atoms with Gasteiger partial charge in [-0.1, -0.05) is 0 Å². The topological polar surface area (TPSA) is 76.9 Å². The van der Waals surface area contributed by atoms with Crippen molar-refractivity contribution in [1.29, 1.82) is 0 Å².